The second-order valence-corrected chi connectivity index (χ2v) is 9.47. The van der Waals surface area contributed by atoms with Crippen LogP contribution in [0.15, 0.2) is 22.5 Å². The Kier molecular flexibility index (Phi) is 10.1. The molecule has 4 nitrogen and oxygen atoms in total. The topological polar surface area (TPSA) is 39.7 Å². The van der Waals surface area contributed by atoms with E-state index in [1.165, 1.54) is 42.9 Å². The number of guanidine groups is 1. The Balaban J connectivity index is 0.00000243. The monoisotopic (exact) mass is 508 g/mol. The molecule has 0 radical (unpaired) electrons. The van der Waals surface area contributed by atoms with Gasteiger partial charge in [0.1, 0.15) is 0 Å². The number of thiophene rings is 1. The Morgan fingerprint density at radius 2 is 2.19 bits per heavy atom. The van der Waals surface area contributed by atoms with Crippen LogP contribution in [0.2, 0.25) is 0 Å². The van der Waals surface area contributed by atoms with Gasteiger partial charge in [0.05, 0.1) is 0 Å². The molecule has 2 aliphatic rings. The summed E-state index contributed by atoms with van der Waals surface area (Å²) in [6.45, 7) is 6.20. The number of rotatable bonds is 6. The van der Waals surface area contributed by atoms with Crippen LogP contribution in [0.5, 0.6) is 0 Å². The highest BCUT2D eigenvalue weighted by atomic mass is 127. The molecule has 7 heteroatoms. The first-order chi connectivity index (χ1) is 12.3. The van der Waals surface area contributed by atoms with E-state index in [-0.39, 0.29) is 24.0 Å². The summed E-state index contributed by atoms with van der Waals surface area (Å²) < 4.78 is 0. The molecule has 3 heterocycles. The standard InChI is InChI=1S/C19H32N4S2.HI/c1-3-20-19(22-14-16-8-5-11-24-16)21-13-15-7-4-10-23(2)18(15)17-9-6-12-25-17;/h6,9,12,15-16,18H,3-5,7-8,10-11,13-14H2,1-2H3,(H2,20,21,22);1H. The van der Waals surface area contributed by atoms with E-state index in [1.54, 1.807) is 0 Å². The first-order valence-electron chi connectivity index (χ1n) is 9.65. The normalized spacial score (nSPS) is 27.2. The SMILES string of the molecule is CCNC(=NCC1CCCN(C)C1c1cccs1)NCC1CCCS1.I. The lowest BCUT2D eigenvalue weighted by molar-refractivity contribution is 0.128. The lowest BCUT2D eigenvalue weighted by atomic mass is 9.88. The molecule has 3 atom stereocenters. The smallest absolute Gasteiger partial charge is 0.191 e. The Hall–Kier alpha value is 0.01000. The lowest BCUT2D eigenvalue weighted by Crippen LogP contribution is -2.41. The van der Waals surface area contributed by atoms with Crippen molar-refractivity contribution in [3.8, 4) is 0 Å². The summed E-state index contributed by atoms with van der Waals surface area (Å²) in [7, 11) is 2.26. The van der Waals surface area contributed by atoms with E-state index in [0.29, 0.717) is 12.0 Å². The third-order valence-corrected chi connectivity index (χ3v) is 7.53. The van der Waals surface area contributed by atoms with Gasteiger partial charge in [0.25, 0.3) is 0 Å². The second-order valence-electron chi connectivity index (χ2n) is 7.08. The number of thioether (sulfide) groups is 1. The van der Waals surface area contributed by atoms with Crippen LogP contribution < -0.4 is 10.6 Å². The summed E-state index contributed by atoms with van der Waals surface area (Å²) in [6.07, 6.45) is 5.25. The van der Waals surface area contributed by atoms with Crippen molar-refractivity contribution >= 4 is 53.0 Å². The van der Waals surface area contributed by atoms with E-state index >= 15 is 0 Å². The summed E-state index contributed by atoms with van der Waals surface area (Å²) in [4.78, 5) is 8.96. The highest BCUT2D eigenvalue weighted by molar-refractivity contribution is 14.0. The van der Waals surface area contributed by atoms with Gasteiger partial charge in [0, 0.05) is 35.8 Å². The number of piperidine rings is 1. The predicted octanol–water partition coefficient (Wildman–Crippen LogP) is 4.20. The van der Waals surface area contributed by atoms with Crippen molar-refractivity contribution < 1.29 is 0 Å². The van der Waals surface area contributed by atoms with Crippen molar-refractivity contribution in [1.82, 2.24) is 15.5 Å². The Morgan fingerprint density at radius 1 is 1.31 bits per heavy atom. The maximum Gasteiger partial charge on any atom is 0.191 e. The molecule has 3 rings (SSSR count). The first kappa shape index (κ1) is 22.3. The van der Waals surface area contributed by atoms with Crippen molar-refractivity contribution in [2.75, 3.05) is 39.0 Å². The van der Waals surface area contributed by atoms with Crippen LogP contribution in [0.3, 0.4) is 0 Å². The number of nitrogens with zero attached hydrogens (tertiary/aromatic N) is 2. The lowest BCUT2D eigenvalue weighted by Gasteiger charge is -2.38. The van der Waals surface area contributed by atoms with Crippen LogP contribution >= 0.6 is 47.1 Å². The molecule has 0 aromatic carbocycles. The number of hydrogen-bond acceptors (Lipinski definition) is 4. The van der Waals surface area contributed by atoms with Crippen molar-refractivity contribution in [3.63, 3.8) is 0 Å². The predicted molar refractivity (Wildman–Crippen MR) is 127 cm³/mol. The fourth-order valence-electron chi connectivity index (χ4n) is 3.93. The Bertz CT molecular complexity index is 532. The minimum Gasteiger partial charge on any atom is -0.357 e. The van der Waals surface area contributed by atoms with Gasteiger partial charge in [-0.15, -0.1) is 35.3 Å². The molecule has 0 spiro atoms. The number of nitrogens with one attached hydrogen (secondary N) is 2. The molecule has 2 N–H and O–H groups in total. The van der Waals surface area contributed by atoms with Gasteiger partial charge in [-0.2, -0.15) is 11.8 Å². The number of hydrogen-bond donors (Lipinski definition) is 2. The van der Waals surface area contributed by atoms with Crippen LogP contribution in [0.25, 0.3) is 0 Å². The molecule has 2 fully saturated rings. The molecule has 3 unspecified atom stereocenters. The van der Waals surface area contributed by atoms with Crippen molar-refractivity contribution in [3.05, 3.63) is 22.4 Å². The van der Waals surface area contributed by atoms with E-state index in [2.05, 4.69) is 58.8 Å². The molecule has 2 aliphatic heterocycles. The number of aliphatic imine (C=N–C) groups is 1. The highest BCUT2D eigenvalue weighted by Gasteiger charge is 2.31. The summed E-state index contributed by atoms with van der Waals surface area (Å²) in [6, 6.07) is 4.98. The summed E-state index contributed by atoms with van der Waals surface area (Å²) in [5.74, 6) is 2.92. The summed E-state index contributed by atoms with van der Waals surface area (Å²) >= 11 is 3.98. The van der Waals surface area contributed by atoms with Crippen LogP contribution in [-0.4, -0.2) is 55.1 Å². The molecule has 1 aromatic rings. The van der Waals surface area contributed by atoms with E-state index in [9.17, 15) is 0 Å². The van der Waals surface area contributed by atoms with E-state index in [1.807, 2.05) is 11.3 Å². The van der Waals surface area contributed by atoms with Gasteiger partial charge in [-0.3, -0.25) is 9.89 Å². The highest BCUT2D eigenvalue weighted by Crippen LogP contribution is 2.37. The van der Waals surface area contributed by atoms with E-state index < -0.39 is 0 Å². The van der Waals surface area contributed by atoms with Crippen LogP contribution in [0.4, 0.5) is 0 Å². The third-order valence-electron chi connectivity index (χ3n) is 5.19. The molecule has 148 valence electrons. The quantitative estimate of drug-likeness (QED) is 0.343. The average Bonchev–Trinajstić information content (AvgIpc) is 3.31. The van der Waals surface area contributed by atoms with Gasteiger partial charge in [-0.1, -0.05) is 6.07 Å². The van der Waals surface area contributed by atoms with Crippen LogP contribution in [-0.2, 0) is 0 Å². The minimum absolute atomic E-state index is 0. The van der Waals surface area contributed by atoms with Gasteiger partial charge >= 0.3 is 0 Å². The molecule has 0 amide bonds. The van der Waals surface area contributed by atoms with Crippen LogP contribution in [0.1, 0.15) is 43.5 Å². The number of likely N-dealkylation sites (tertiary alicyclic amines) is 1. The zero-order valence-electron chi connectivity index (χ0n) is 15.9. The van der Waals surface area contributed by atoms with Crippen molar-refractivity contribution in [2.45, 2.75) is 43.9 Å². The zero-order valence-corrected chi connectivity index (χ0v) is 19.9. The maximum atomic E-state index is 4.96. The van der Waals surface area contributed by atoms with Gasteiger partial charge in [0.2, 0.25) is 0 Å². The molecule has 0 bridgehead atoms. The summed E-state index contributed by atoms with van der Waals surface area (Å²) in [5.41, 5.74) is 0. The molecule has 1 aromatic heterocycles. The fraction of sp³-hybridized carbons (Fsp3) is 0.737. The van der Waals surface area contributed by atoms with Gasteiger partial charge < -0.3 is 10.6 Å². The second kappa shape index (κ2) is 11.8. The number of halogens is 1. The molecular weight excluding hydrogens is 475 g/mol. The molecule has 0 saturated carbocycles. The largest absolute Gasteiger partial charge is 0.357 e. The van der Waals surface area contributed by atoms with E-state index in [0.717, 1.165) is 30.8 Å². The average molecular weight is 509 g/mol. The fourth-order valence-corrected chi connectivity index (χ4v) is 6.11. The zero-order chi connectivity index (χ0) is 17.5. The van der Waals surface area contributed by atoms with Gasteiger partial charge in [-0.05, 0) is 69.3 Å². The molecule has 2 saturated heterocycles. The molecular formula is C19H33IN4S2. The van der Waals surface area contributed by atoms with Crippen molar-refractivity contribution in [2.24, 2.45) is 10.9 Å². The van der Waals surface area contributed by atoms with Gasteiger partial charge in [-0.25, -0.2) is 0 Å². The van der Waals surface area contributed by atoms with Gasteiger partial charge in [0.15, 0.2) is 5.96 Å². The molecule has 0 aliphatic carbocycles. The van der Waals surface area contributed by atoms with Crippen LogP contribution in [0, 0.1) is 5.92 Å². The minimum atomic E-state index is 0. The summed E-state index contributed by atoms with van der Waals surface area (Å²) in [5, 5.41) is 9.95. The van der Waals surface area contributed by atoms with E-state index in [4.69, 9.17) is 4.99 Å². The maximum absolute atomic E-state index is 4.96. The molecule has 26 heavy (non-hydrogen) atoms. The van der Waals surface area contributed by atoms with Crippen molar-refractivity contribution in [1.29, 1.82) is 0 Å². The Labute approximate surface area is 184 Å². The Morgan fingerprint density at radius 3 is 2.88 bits per heavy atom. The first-order valence-corrected chi connectivity index (χ1v) is 11.6. The third kappa shape index (κ3) is 6.27.